The number of hydrogen-bond donors (Lipinski definition) is 3. The maximum atomic E-state index is 12.1. The number of carbonyl (C=O) groups is 1. The van der Waals surface area contributed by atoms with E-state index in [9.17, 15) is 26.4 Å². The van der Waals surface area contributed by atoms with Gasteiger partial charge in [0.15, 0.2) is 0 Å². The topological polar surface area (TPSA) is 96.5 Å². The van der Waals surface area contributed by atoms with Crippen LogP contribution in [0.1, 0.15) is 0 Å². The second-order valence-electron chi connectivity index (χ2n) is 5.03. The van der Waals surface area contributed by atoms with Crippen molar-refractivity contribution in [2.75, 3.05) is 31.6 Å². The van der Waals surface area contributed by atoms with Crippen molar-refractivity contribution in [3.05, 3.63) is 24.3 Å². The Bertz CT molecular complexity index is 671. The van der Waals surface area contributed by atoms with Crippen molar-refractivity contribution in [2.24, 2.45) is 0 Å². The molecular formula is C13H16F3N3O4S. The predicted molar refractivity (Wildman–Crippen MR) is 78.9 cm³/mol. The van der Waals surface area contributed by atoms with Crippen LogP contribution in [0, 0.1) is 0 Å². The summed E-state index contributed by atoms with van der Waals surface area (Å²) in [5, 5.41) is 5.53. The molecule has 2 rings (SSSR count). The van der Waals surface area contributed by atoms with Gasteiger partial charge in [-0.05, 0) is 24.3 Å². The van der Waals surface area contributed by atoms with Crippen LogP contribution >= 0.6 is 0 Å². The van der Waals surface area contributed by atoms with E-state index < -0.39 is 28.8 Å². The standard InChI is InChI=1S/C13H16F3N3O4S/c14-13(15,16)8-18-24(21,22)10-3-1-9(2-4-10)19-12(20)11-7-23-6-5-17-11/h1-4,11,17-18H,5-8H2,(H,19,20). The molecule has 1 fully saturated rings. The summed E-state index contributed by atoms with van der Waals surface area (Å²) in [7, 11) is -4.27. The number of anilines is 1. The van der Waals surface area contributed by atoms with Gasteiger partial charge in [-0.3, -0.25) is 4.79 Å². The lowest BCUT2D eigenvalue weighted by Gasteiger charge is -2.22. The molecule has 0 aliphatic carbocycles. The van der Waals surface area contributed by atoms with Gasteiger partial charge in [-0.15, -0.1) is 0 Å². The zero-order valence-corrected chi connectivity index (χ0v) is 13.2. The maximum absolute atomic E-state index is 12.1. The summed E-state index contributed by atoms with van der Waals surface area (Å²) in [6, 6.07) is 4.29. The highest BCUT2D eigenvalue weighted by molar-refractivity contribution is 7.89. The van der Waals surface area contributed by atoms with Crippen molar-refractivity contribution in [3.8, 4) is 0 Å². The molecule has 1 heterocycles. The minimum Gasteiger partial charge on any atom is -0.378 e. The number of carbonyl (C=O) groups excluding carboxylic acids is 1. The van der Waals surface area contributed by atoms with Gasteiger partial charge < -0.3 is 15.4 Å². The quantitative estimate of drug-likeness (QED) is 0.702. The van der Waals surface area contributed by atoms with Crippen molar-refractivity contribution in [3.63, 3.8) is 0 Å². The minimum atomic E-state index is -4.64. The van der Waals surface area contributed by atoms with Crippen molar-refractivity contribution in [2.45, 2.75) is 17.1 Å². The second kappa shape index (κ2) is 7.47. The molecule has 1 aliphatic rings. The van der Waals surface area contributed by atoms with Gasteiger partial charge in [0.1, 0.15) is 12.6 Å². The van der Waals surface area contributed by atoms with Crippen LogP contribution in [0.15, 0.2) is 29.2 Å². The molecule has 0 saturated carbocycles. The largest absolute Gasteiger partial charge is 0.402 e. The summed E-state index contributed by atoms with van der Waals surface area (Å²) < 4.78 is 66.4. The highest BCUT2D eigenvalue weighted by atomic mass is 32.2. The Hall–Kier alpha value is -1.69. The highest BCUT2D eigenvalue weighted by Crippen LogP contribution is 2.17. The Kier molecular flexibility index (Phi) is 5.80. The number of amides is 1. The van der Waals surface area contributed by atoms with Gasteiger partial charge in [-0.1, -0.05) is 0 Å². The zero-order valence-electron chi connectivity index (χ0n) is 12.4. The number of benzene rings is 1. The van der Waals surface area contributed by atoms with E-state index in [0.29, 0.717) is 18.8 Å². The number of hydrogen-bond acceptors (Lipinski definition) is 5. The fourth-order valence-electron chi connectivity index (χ4n) is 1.94. The number of sulfonamides is 1. The summed E-state index contributed by atoms with van der Waals surface area (Å²) in [5.74, 6) is -0.347. The normalized spacial score (nSPS) is 19.0. The number of rotatable bonds is 5. The molecule has 1 aromatic rings. The Morgan fingerprint density at radius 2 is 1.96 bits per heavy atom. The van der Waals surface area contributed by atoms with E-state index in [1.165, 1.54) is 16.9 Å². The molecule has 0 spiro atoms. The van der Waals surface area contributed by atoms with Gasteiger partial charge in [0.05, 0.1) is 18.1 Å². The van der Waals surface area contributed by atoms with E-state index in [0.717, 1.165) is 12.1 Å². The summed E-state index contributed by atoms with van der Waals surface area (Å²) in [6.07, 6.45) is -4.64. The molecule has 1 unspecified atom stereocenters. The third-order valence-electron chi connectivity index (χ3n) is 3.13. The number of halogens is 3. The van der Waals surface area contributed by atoms with E-state index in [1.807, 2.05) is 0 Å². The van der Waals surface area contributed by atoms with Crippen LogP contribution < -0.4 is 15.4 Å². The van der Waals surface area contributed by atoms with Crippen molar-refractivity contribution in [1.82, 2.24) is 10.0 Å². The van der Waals surface area contributed by atoms with Gasteiger partial charge >= 0.3 is 6.18 Å². The van der Waals surface area contributed by atoms with Crippen LogP contribution in [0.25, 0.3) is 0 Å². The van der Waals surface area contributed by atoms with Crippen molar-refractivity contribution < 1.29 is 31.1 Å². The molecule has 1 aliphatic heterocycles. The minimum absolute atomic E-state index is 0.222. The molecule has 24 heavy (non-hydrogen) atoms. The first kappa shape index (κ1) is 18.6. The molecule has 134 valence electrons. The number of morpholine rings is 1. The van der Waals surface area contributed by atoms with E-state index in [-0.39, 0.29) is 17.4 Å². The molecule has 1 aromatic carbocycles. The monoisotopic (exact) mass is 367 g/mol. The molecule has 3 N–H and O–H groups in total. The fraction of sp³-hybridized carbons (Fsp3) is 0.462. The van der Waals surface area contributed by atoms with E-state index in [4.69, 9.17) is 4.74 Å². The van der Waals surface area contributed by atoms with Crippen LogP contribution in [0.2, 0.25) is 0 Å². The Morgan fingerprint density at radius 1 is 1.29 bits per heavy atom. The summed E-state index contributed by atoms with van der Waals surface area (Å²) in [4.78, 5) is 11.6. The second-order valence-corrected chi connectivity index (χ2v) is 6.80. The predicted octanol–water partition coefficient (Wildman–Crippen LogP) is 0.454. The van der Waals surface area contributed by atoms with E-state index in [2.05, 4.69) is 10.6 Å². The van der Waals surface area contributed by atoms with Gasteiger partial charge in [-0.2, -0.15) is 13.2 Å². The molecule has 0 aromatic heterocycles. The molecule has 0 bridgehead atoms. The molecule has 0 radical (unpaired) electrons. The van der Waals surface area contributed by atoms with Crippen LogP contribution in [0.4, 0.5) is 18.9 Å². The molecule has 1 atom stereocenters. The van der Waals surface area contributed by atoms with Crippen molar-refractivity contribution in [1.29, 1.82) is 0 Å². The number of nitrogens with one attached hydrogen (secondary N) is 3. The zero-order chi connectivity index (χ0) is 17.8. The smallest absolute Gasteiger partial charge is 0.378 e. The van der Waals surface area contributed by atoms with E-state index >= 15 is 0 Å². The Balaban J connectivity index is 1.98. The SMILES string of the molecule is O=C(Nc1ccc(S(=O)(=O)NCC(F)(F)F)cc1)C1COCCN1. The van der Waals surface area contributed by atoms with Gasteiger partial charge in [-0.25, -0.2) is 13.1 Å². The van der Waals surface area contributed by atoms with Gasteiger partial charge in [0, 0.05) is 12.2 Å². The lowest BCUT2D eigenvalue weighted by molar-refractivity contribution is -0.122. The first-order chi connectivity index (χ1) is 11.2. The Labute approximate surface area is 136 Å². The molecule has 11 heteroatoms. The Morgan fingerprint density at radius 3 is 2.50 bits per heavy atom. The van der Waals surface area contributed by atoms with E-state index in [1.54, 1.807) is 0 Å². The lowest BCUT2D eigenvalue weighted by Crippen LogP contribution is -2.48. The summed E-state index contributed by atoms with van der Waals surface area (Å²) in [5.41, 5.74) is 0.321. The van der Waals surface area contributed by atoms with Crippen LogP contribution in [-0.4, -0.2) is 52.8 Å². The lowest BCUT2D eigenvalue weighted by atomic mass is 10.2. The van der Waals surface area contributed by atoms with Gasteiger partial charge in [0.25, 0.3) is 0 Å². The third-order valence-corrected chi connectivity index (χ3v) is 4.55. The van der Waals surface area contributed by atoms with Gasteiger partial charge in [0.2, 0.25) is 15.9 Å². The summed E-state index contributed by atoms with van der Waals surface area (Å²) >= 11 is 0. The first-order valence-electron chi connectivity index (χ1n) is 6.96. The first-order valence-corrected chi connectivity index (χ1v) is 8.44. The average molecular weight is 367 g/mol. The summed E-state index contributed by atoms with van der Waals surface area (Å²) in [6.45, 7) is -0.373. The number of ether oxygens (including phenoxy) is 1. The van der Waals surface area contributed by atoms with Crippen LogP contribution in [0.5, 0.6) is 0 Å². The average Bonchev–Trinajstić information content (AvgIpc) is 2.54. The molecule has 7 nitrogen and oxygen atoms in total. The highest BCUT2D eigenvalue weighted by Gasteiger charge is 2.30. The van der Waals surface area contributed by atoms with Crippen molar-refractivity contribution >= 4 is 21.6 Å². The molecular weight excluding hydrogens is 351 g/mol. The van der Waals surface area contributed by atoms with Crippen LogP contribution in [0.3, 0.4) is 0 Å². The van der Waals surface area contributed by atoms with Crippen LogP contribution in [-0.2, 0) is 19.6 Å². The third kappa shape index (κ3) is 5.44. The maximum Gasteiger partial charge on any atom is 0.402 e. The molecule has 1 saturated heterocycles. The fourth-order valence-corrected chi connectivity index (χ4v) is 2.96. The molecule has 1 amide bonds. The number of alkyl halides is 3.